The maximum atomic E-state index is 5.91. The van der Waals surface area contributed by atoms with Crippen LogP contribution in [0.3, 0.4) is 0 Å². The van der Waals surface area contributed by atoms with Crippen molar-refractivity contribution >= 4 is 11.8 Å². The Morgan fingerprint density at radius 1 is 1.44 bits per heavy atom. The van der Waals surface area contributed by atoms with Crippen LogP contribution in [-0.2, 0) is 6.42 Å². The van der Waals surface area contributed by atoms with Crippen LogP contribution >= 0.6 is 11.8 Å². The second kappa shape index (κ2) is 5.16. The standard InChI is InChI=1S/C14H17N3S/c15-9-12(14-16-5-6-17-14)10-3-4-13-11(8-10)2-1-7-18-13/h3-6,8,12H,1-2,7,9,15H2,(H,16,17). The number of hydrogen-bond donors (Lipinski definition) is 2. The fourth-order valence-electron chi connectivity index (χ4n) is 2.47. The van der Waals surface area contributed by atoms with Crippen LogP contribution in [0.1, 0.15) is 29.3 Å². The lowest BCUT2D eigenvalue weighted by atomic mass is 9.95. The molecule has 18 heavy (non-hydrogen) atoms. The van der Waals surface area contributed by atoms with Crippen LogP contribution in [0.25, 0.3) is 0 Å². The van der Waals surface area contributed by atoms with Crippen LogP contribution in [0.4, 0.5) is 0 Å². The zero-order valence-corrected chi connectivity index (χ0v) is 11.0. The molecule has 94 valence electrons. The Morgan fingerprint density at radius 2 is 2.39 bits per heavy atom. The van der Waals surface area contributed by atoms with E-state index in [0.29, 0.717) is 6.54 Å². The number of thioether (sulfide) groups is 1. The number of aromatic nitrogens is 2. The van der Waals surface area contributed by atoms with Gasteiger partial charge in [-0.3, -0.25) is 0 Å². The maximum Gasteiger partial charge on any atom is 0.114 e. The molecule has 0 aliphatic carbocycles. The third-order valence-electron chi connectivity index (χ3n) is 3.42. The number of H-pyrrole nitrogens is 1. The lowest BCUT2D eigenvalue weighted by Crippen LogP contribution is -2.15. The minimum atomic E-state index is 0.178. The minimum absolute atomic E-state index is 0.178. The highest BCUT2D eigenvalue weighted by atomic mass is 32.2. The first kappa shape index (κ1) is 11.8. The number of nitrogens with zero attached hydrogens (tertiary/aromatic N) is 1. The van der Waals surface area contributed by atoms with E-state index >= 15 is 0 Å². The first-order valence-electron chi connectivity index (χ1n) is 6.33. The van der Waals surface area contributed by atoms with Crippen LogP contribution in [0.15, 0.2) is 35.5 Å². The lowest BCUT2D eigenvalue weighted by Gasteiger charge is -2.19. The normalized spacial score (nSPS) is 16.3. The van der Waals surface area contributed by atoms with Crippen molar-refractivity contribution in [3.63, 3.8) is 0 Å². The van der Waals surface area contributed by atoms with E-state index in [1.165, 1.54) is 34.6 Å². The van der Waals surface area contributed by atoms with E-state index in [9.17, 15) is 0 Å². The molecule has 1 aromatic heterocycles. The third kappa shape index (κ3) is 2.18. The summed E-state index contributed by atoms with van der Waals surface area (Å²) in [5.41, 5.74) is 8.65. The van der Waals surface area contributed by atoms with Gasteiger partial charge in [-0.15, -0.1) is 11.8 Å². The molecule has 0 radical (unpaired) electrons. The van der Waals surface area contributed by atoms with Crippen molar-refractivity contribution in [2.75, 3.05) is 12.3 Å². The molecule has 3 rings (SSSR count). The summed E-state index contributed by atoms with van der Waals surface area (Å²) in [5.74, 6) is 2.38. The van der Waals surface area contributed by atoms with Crippen LogP contribution < -0.4 is 5.73 Å². The summed E-state index contributed by atoms with van der Waals surface area (Å²) in [4.78, 5) is 8.94. The first-order chi connectivity index (χ1) is 8.88. The maximum absolute atomic E-state index is 5.91. The number of aryl methyl sites for hydroxylation is 1. The first-order valence-corrected chi connectivity index (χ1v) is 7.32. The number of rotatable bonds is 3. The third-order valence-corrected chi connectivity index (χ3v) is 4.62. The molecule has 2 aromatic rings. The van der Waals surface area contributed by atoms with Gasteiger partial charge in [-0.25, -0.2) is 4.98 Å². The number of fused-ring (bicyclic) bond motifs is 1. The van der Waals surface area contributed by atoms with Crippen LogP contribution in [-0.4, -0.2) is 22.3 Å². The monoisotopic (exact) mass is 259 g/mol. The van der Waals surface area contributed by atoms with Crippen LogP contribution in [0.2, 0.25) is 0 Å². The molecule has 0 saturated heterocycles. The Kier molecular flexibility index (Phi) is 3.39. The SMILES string of the molecule is NCC(c1ccc2c(c1)CCCS2)c1ncc[nH]1. The van der Waals surface area contributed by atoms with Crippen molar-refractivity contribution < 1.29 is 0 Å². The number of hydrogen-bond acceptors (Lipinski definition) is 3. The topological polar surface area (TPSA) is 54.7 Å². The fraction of sp³-hybridized carbons (Fsp3) is 0.357. The van der Waals surface area contributed by atoms with Gasteiger partial charge in [0.1, 0.15) is 5.82 Å². The molecule has 1 aliphatic heterocycles. The summed E-state index contributed by atoms with van der Waals surface area (Å²) in [7, 11) is 0. The number of benzene rings is 1. The van der Waals surface area contributed by atoms with Gasteiger partial charge in [0.15, 0.2) is 0 Å². The smallest absolute Gasteiger partial charge is 0.114 e. The highest BCUT2D eigenvalue weighted by molar-refractivity contribution is 7.99. The minimum Gasteiger partial charge on any atom is -0.348 e. The van der Waals surface area contributed by atoms with Crippen molar-refractivity contribution in [2.24, 2.45) is 5.73 Å². The second-order valence-corrected chi connectivity index (χ2v) is 5.72. The predicted molar refractivity (Wildman–Crippen MR) is 75.0 cm³/mol. The quantitative estimate of drug-likeness (QED) is 0.890. The second-order valence-electron chi connectivity index (χ2n) is 4.58. The number of nitrogens with one attached hydrogen (secondary N) is 1. The van der Waals surface area contributed by atoms with Crippen molar-refractivity contribution in [2.45, 2.75) is 23.7 Å². The zero-order chi connectivity index (χ0) is 12.4. The van der Waals surface area contributed by atoms with Gasteiger partial charge < -0.3 is 10.7 Å². The van der Waals surface area contributed by atoms with Crippen molar-refractivity contribution in [1.82, 2.24) is 9.97 Å². The summed E-state index contributed by atoms with van der Waals surface area (Å²) in [6, 6.07) is 6.73. The van der Waals surface area contributed by atoms with E-state index in [0.717, 1.165) is 5.82 Å². The van der Waals surface area contributed by atoms with Gasteiger partial charge in [0.2, 0.25) is 0 Å². The van der Waals surface area contributed by atoms with E-state index in [2.05, 4.69) is 28.2 Å². The van der Waals surface area contributed by atoms with Crippen molar-refractivity contribution in [3.8, 4) is 0 Å². The van der Waals surface area contributed by atoms with Crippen molar-refractivity contribution in [1.29, 1.82) is 0 Å². The molecule has 4 heteroatoms. The molecule has 1 aromatic carbocycles. The molecular formula is C14H17N3S. The van der Waals surface area contributed by atoms with Gasteiger partial charge >= 0.3 is 0 Å². The lowest BCUT2D eigenvalue weighted by molar-refractivity contribution is 0.759. The molecule has 1 unspecified atom stereocenters. The average Bonchev–Trinajstić information content (AvgIpc) is 2.93. The molecule has 0 saturated carbocycles. The number of aromatic amines is 1. The number of nitrogens with two attached hydrogens (primary N) is 1. The Labute approximate surface area is 111 Å². The highest BCUT2D eigenvalue weighted by Crippen LogP contribution is 2.32. The van der Waals surface area contributed by atoms with Gasteiger partial charge in [0.05, 0.1) is 5.92 Å². The van der Waals surface area contributed by atoms with Crippen molar-refractivity contribution in [3.05, 3.63) is 47.5 Å². The summed E-state index contributed by atoms with van der Waals surface area (Å²) in [5, 5.41) is 0. The van der Waals surface area contributed by atoms with Gasteiger partial charge in [0.25, 0.3) is 0 Å². The molecule has 3 nitrogen and oxygen atoms in total. The molecular weight excluding hydrogens is 242 g/mol. The molecule has 1 atom stereocenters. The van der Waals surface area contributed by atoms with E-state index in [-0.39, 0.29) is 5.92 Å². The summed E-state index contributed by atoms with van der Waals surface area (Å²) >= 11 is 1.96. The van der Waals surface area contributed by atoms with Crippen LogP contribution in [0, 0.1) is 0 Å². The van der Waals surface area contributed by atoms with Crippen LogP contribution in [0.5, 0.6) is 0 Å². The van der Waals surface area contributed by atoms with Gasteiger partial charge in [0, 0.05) is 23.8 Å². The van der Waals surface area contributed by atoms with Gasteiger partial charge in [-0.05, 0) is 35.8 Å². The summed E-state index contributed by atoms with van der Waals surface area (Å²) in [6.07, 6.45) is 6.10. The molecule has 0 amide bonds. The van der Waals surface area contributed by atoms with Gasteiger partial charge in [-0.1, -0.05) is 12.1 Å². The molecule has 3 N–H and O–H groups in total. The average molecular weight is 259 g/mol. The van der Waals surface area contributed by atoms with Gasteiger partial charge in [-0.2, -0.15) is 0 Å². The molecule has 0 bridgehead atoms. The van der Waals surface area contributed by atoms with E-state index in [1.54, 1.807) is 6.20 Å². The Hall–Kier alpha value is -1.26. The summed E-state index contributed by atoms with van der Waals surface area (Å²) < 4.78 is 0. The summed E-state index contributed by atoms with van der Waals surface area (Å²) in [6.45, 7) is 0.583. The predicted octanol–water partition coefficient (Wildman–Crippen LogP) is 2.54. The Morgan fingerprint density at radius 3 is 3.17 bits per heavy atom. The largest absolute Gasteiger partial charge is 0.348 e. The van der Waals surface area contributed by atoms with E-state index < -0.39 is 0 Å². The van der Waals surface area contributed by atoms with E-state index in [4.69, 9.17) is 5.73 Å². The zero-order valence-electron chi connectivity index (χ0n) is 10.2. The Bertz CT molecular complexity index is 522. The molecule has 1 aliphatic rings. The highest BCUT2D eigenvalue weighted by Gasteiger charge is 2.17. The fourth-order valence-corrected chi connectivity index (χ4v) is 3.49. The van der Waals surface area contributed by atoms with E-state index in [1.807, 2.05) is 18.0 Å². The molecule has 2 heterocycles. The Balaban J connectivity index is 1.95. The number of imidazole rings is 1. The molecule has 0 spiro atoms. The molecule has 0 fully saturated rings.